The number of hydrogen-bond acceptors (Lipinski definition) is 2. The van der Waals surface area contributed by atoms with E-state index in [0.717, 1.165) is 6.04 Å². The van der Waals surface area contributed by atoms with E-state index in [0.29, 0.717) is 0 Å². The van der Waals surface area contributed by atoms with Crippen LogP contribution < -0.4 is 4.90 Å². The summed E-state index contributed by atoms with van der Waals surface area (Å²) in [5.41, 5.74) is 2.74. The third-order valence-electron chi connectivity index (χ3n) is 4.30. The summed E-state index contributed by atoms with van der Waals surface area (Å²) in [6.45, 7) is 7.04. The van der Waals surface area contributed by atoms with Gasteiger partial charge in [-0.1, -0.05) is 24.1 Å². The van der Waals surface area contributed by atoms with Crippen LogP contribution in [-0.2, 0) is 0 Å². The highest BCUT2D eigenvalue weighted by atomic mass is 15.3. The van der Waals surface area contributed by atoms with Gasteiger partial charge in [0.2, 0.25) is 0 Å². The number of nitrogens with zero attached hydrogens (tertiary/aromatic N) is 2. The average molecular weight is 230 g/mol. The zero-order valence-electron chi connectivity index (χ0n) is 10.7. The second-order valence-corrected chi connectivity index (χ2v) is 5.44. The van der Waals surface area contributed by atoms with Crippen molar-refractivity contribution in [1.82, 2.24) is 4.90 Å². The van der Waals surface area contributed by atoms with Gasteiger partial charge in [0.15, 0.2) is 0 Å². The van der Waals surface area contributed by atoms with Gasteiger partial charge in [0.25, 0.3) is 0 Å². The fourth-order valence-corrected chi connectivity index (χ4v) is 2.85. The lowest BCUT2D eigenvalue weighted by molar-refractivity contribution is 0.120. The molecule has 2 heteroatoms. The molecule has 0 atom stereocenters. The minimum Gasteiger partial charge on any atom is -0.369 e. The second kappa shape index (κ2) is 4.69. The van der Waals surface area contributed by atoms with Crippen molar-refractivity contribution in [2.75, 3.05) is 31.1 Å². The largest absolute Gasteiger partial charge is 0.369 e. The summed E-state index contributed by atoms with van der Waals surface area (Å²) >= 11 is 0. The normalized spacial score (nSPS) is 22.5. The Morgan fingerprint density at radius 1 is 0.941 bits per heavy atom. The number of piperazine rings is 1. The molecule has 2 nitrogen and oxygen atoms in total. The van der Waals surface area contributed by atoms with E-state index in [1.54, 1.807) is 0 Å². The topological polar surface area (TPSA) is 6.48 Å². The molecule has 1 aliphatic carbocycles. The first-order valence-corrected chi connectivity index (χ1v) is 6.88. The van der Waals surface area contributed by atoms with E-state index in [-0.39, 0.29) is 0 Å². The summed E-state index contributed by atoms with van der Waals surface area (Å²) in [6.07, 6.45) is 4.32. The highest BCUT2D eigenvalue weighted by molar-refractivity contribution is 5.47. The Morgan fingerprint density at radius 2 is 1.59 bits per heavy atom. The molecule has 1 heterocycles. The monoisotopic (exact) mass is 230 g/mol. The molecule has 1 saturated heterocycles. The SMILES string of the molecule is Cc1ccc(N2CCN(C3CCC3)CC2)cc1. The Morgan fingerprint density at radius 3 is 2.12 bits per heavy atom. The van der Waals surface area contributed by atoms with E-state index in [1.807, 2.05) is 0 Å². The minimum absolute atomic E-state index is 0.912. The lowest BCUT2D eigenvalue weighted by atomic mass is 9.91. The Balaban J connectivity index is 1.58. The standard InChI is InChI=1S/C15H22N2/c1-13-5-7-15(8-6-13)17-11-9-16(10-12-17)14-3-2-4-14/h5-8,14H,2-4,9-12H2,1H3. The van der Waals surface area contributed by atoms with Gasteiger partial charge in [-0.25, -0.2) is 0 Å². The average Bonchev–Trinajstić information content (AvgIpc) is 2.29. The molecule has 2 aliphatic rings. The zero-order valence-corrected chi connectivity index (χ0v) is 10.7. The van der Waals surface area contributed by atoms with Crippen molar-refractivity contribution < 1.29 is 0 Å². The molecule has 17 heavy (non-hydrogen) atoms. The van der Waals surface area contributed by atoms with Gasteiger partial charge < -0.3 is 4.90 Å². The first kappa shape index (κ1) is 11.1. The van der Waals surface area contributed by atoms with Crippen LogP contribution in [0.5, 0.6) is 0 Å². The Bertz CT molecular complexity index is 359. The van der Waals surface area contributed by atoms with Gasteiger partial charge in [-0.05, 0) is 31.9 Å². The predicted molar refractivity (Wildman–Crippen MR) is 72.6 cm³/mol. The van der Waals surface area contributed by atoms with Crippen molar-refractivity contribution in [3.8, 4) is 0 Å². The summed E-state index contributed by atoms with van der Waals surface area (Å²) in [7, 11) is 0. The van der Waals surface area contributed by atoms with E-state index in [2.05, 4.69) is 41.0 Å². The van der Waals surface area contributed by atoms with Gasteiger partial charge in [0.1, 0.15) is 0 Å². The van der Waals surface area contributed by atoms with Gasteiger partial charge in [0, 0.05) is 37.9 Å². The van der Waals surface area contributed by atoms with Crippen LogP contribution in [0.4, 0.5) is 5.69 Å². The van der Waals surface area contributed by atoms with Gasteiger partial charge in [-0.2, -0.15) is 0 Å². The molecule has 0 aromatic heterocycles. The maximum Gasteiger partial charge on any atom is 0.0367 e. The van der Waals surface area contributed by atoms with Gasteiger partial charge >= 0.3 is 0 Å². The van der Waals surface area contributed by atoms with Crippen LogP contribution in [0, 0.1) is 6.92 Å². The quantitative estimate of drug-likeness (QED) is 0.770. The van der Waals surface area contributed by atoms with Gasteiger partial charge in [0.05, 0.1) is 0 Å². The highest BCUT2D eigenvalue weighted by Crippen LogP contribution is 2.26. The first-order chi connectivity index (χ1) is 8.33. The summed E-state index contributed by atoms with van der Waals surface area (Å²) in [4.78, 5) is 5.21. The van der Waals surface area contributed by atoms with Crippen LogP contribution in [0.15, 0.2) is 24.3 Å². The molecule has 0 amide bonds. The molecule has 3 rings (SSSR count). The number of aryl methyl sites for hydroxylation is 1. The second-order valence-electron chi connectivity index (χ2n) is 5.44. The van der Waals surface area contributed by atoms with Crippen LogP contribution in [0.25, 0.3) is 0 Å². The zero-order chi connectivity index (χ0) is 11.7. The summed E-state index contributed by atoms with van der Waals surface area (Å²) in [5.74, 6) is 0. The molecule has 0 N–H and O–H groups in total. The Hall–Kier alpha value is -1.02. The van der Waals surface area contributed by atoms with Crippen molar-refractivity contribution in [2.45, 2.75) is 32.2 Å². The van der Waals surface area contributed by atoms with Crippen LogP contribution in [-0.4, -0.2) is 37.1 Å². The molecular formula is C15H22N2. The smallest absolute Gasteiger partial charge is 0.0367 e. The third-order valence-corrected chi connectivity index (χ3v) is 4.30. The Kier molecular flexibility index (Phi) is 3.06. The molecule has 0 unspecified atom stereocenters. The molecule has 1 saturated carbocycles. The molecular weight excluding hydrogens is 208 g/mol. The lowest BCUT2D eigenvalue weighted by Crippen LogP contribution is -2.52. The molecule has 1 aromatic rings. The molecule has 1 aromatic carbocycles. The maximum absolute atomic E-state index is 2.69. The summed E-state index contributed by atoms with van der Waals surface area (Å²) in [5, 5.41) is 0. The van der Waals surface area contributed by atoms with Crippen LogP contribution in [0.1, 0.15) is 24.8 Å². The number of benzene rings is 1. The van der Waals surface area contributed by atoms with E-state index in [1.165, 1.54) is 56.7 Å². The number of rotatable bonds is 2. The molecule has 92 valence electrons. The van der Waals surface area contributed by atoms with Crippen LogP contribution in [0.2, 0.25) is 0 Å². The van der Waals surface area contributed by atoms with Crippen molar-refractivity contribution >= 4 is 5.69 Å². The van der Waals surface area contributed by atoms with Crippen LogP contribution in [0.3, 0.4) is 0 Å². The van der Waals surface area contributed by atoms with E-state index in [9.17, 15) is 0 Å². The third kappa shape index (κ3) is 2.32. The number of hydrogen-bond donors (Lipinski definition) is 0. The predicted octanol–water partition coefficient (Wildman–Crippen LogP) is 2.67. The highest BCUT2D eigenvalue weighted by Gasteiger charge is 2.27. The fourth-order valence-electron chi connectivity index (χ4n) is 2.85. The molecule has 2 fully saturated rings. The first-order valence-electron chi connectivity index (χ1n) is 6.88. The Labute approximate surface area is 104 Å². The molecule has 0 bridgehead atoms. The van der Waals surface area contributed by atoms with Crippen LogP contribution >= 0.6 is 0 Å². The summed E-state index contributed by atoms with van der Waals surface area (Å²) < 4.78 is 0. The summed E-state index contributed by atoms with van der Waals surface area (Å²) in [6, 6.07) is 9.86. The van der Waals surface area contributed by atoms with E-state index < -0.39 is 0 Å². The van der Waals surface area contributed by atoms with E-state index >= 15 is 0 Å². The van der Waals surface area contributed by atoms with E-state index in [4.69, 9.17) is 0 Å². The van der Waals surface area contributed by atoms with Crippen molar-refractivity contribution in [2.24, 2.45) is 0 Å². The van der Waals surface area contributed by atoms with Crippen molar-refractivity contribution in [1.29, 1.82) is 0 Å². The molecule has 1 aliphatic heterocycles. The van der Waals surface area contributed by atoms with Gasteiger partial charge in [-0.15, -0.1) is 0 Å². The lowest BCUT2D eigenvalue weighted by Gasteiger charge is -2.43. The molecule has 0 spiro atoms. The molecule has 0 radical (unpaired) electrons. The minimum atomic E-state index is 0.912. The maximum atomic E-state index is 2.69. The van der Waals surface area contributed by atoms with Gasteiger partial charge in [-0.3, -0.25) is 4.90 Å². The van der Waals surface area contributed by atoms with Crippen molar-refractivity contribution in [3.63, 3.8) is 0 Å². The number of anilines is 1. The fraction of sp³-hybridized carbons (Fsp3) is 0.600. The van der Waals surface area contributed by atoms with Crippen molar-refractivity contribution in [3.05, 3.63) is 29.8 Å².